The summed E-state index contributed by atoms with van der Waals surface area (Å²) in [6.07, 6.45) is -3.29. The lowest BCUT2D eigenvalue weighted by atomic mass is 9.90. The van der Waals surface area contributed by atoms with Gasteiger partial charge in [0.25, 0.3) is 5.91 Å². The number of halogens is 4. The molecule has 1 saturated heterocycles. The van der Waals surface area contributed by atoms with Gasteiger partial charge in [-0.05, 0) is 43.6 Å². The third kappa shape index (κ3) is 4.62. The molecule has 8 heteroatoms. The molecule has 24 heavy (non-hydrogen) atoms. The molecule has 0 bridgehead atoms. The highest BCUT2D eigenvalue weighted by Crippen LogP contribution is 2.30. The smallest absolute Gasteiger partial charge is 0.368 e. The molecule has 2 rings (SSSR count). The molecule has 1 aromatic rings. The summed E-state index contributed by atoms with van der Waals surface area (Å²) >= 11 is 0. The van der Waals surface area contributed by atoms with E-state index in [1.165, 1.54) is 18.1 Å². The largest absolute Gasteiger partial charge is 0.416 e. The highest BCUT2D eigenvalue weighted by Gasteiger charge is 2.41. The van der Waals surface area contributed by atoms with Crippen molar-refractivity contribution < 1.29 is 22.7 Å². The highest BCUT2D eigenvalue weighted by atomic mass is 35.5. The molecule has 0 saturated carbocycles. The Morgan fingerprint density at radius 3 is 2.50 bits per heavy atom. The van der Waals surface area contributed by atoms with Gasteiger partial charge in [0.05, 0.1) is 5.56 Å². The van der Waals surface area contributed by atoms with Gasteiger partial charge in [-0.25, -0.2) is 0 Å². The number of nitrogens with zero attached hydrogens (tertiary/aromatic N) is 1. The molecule has 1 heterocycles. The Balaban J connectivity index is 0.00000288. The second-order valence-corrected chi connectivity index (χ2v) is 5.81. The lowest BCUT2D eigenvalue weighted by Gasteiger charge is -2.37. The summed E-state index contributed by atoms with van der Waals surface area (Å²) in [5.41, 5.74) is -1.16. The van der Waals surface area contributed by atoms with Gasteiger partial charge < -0.3 is 15.0 Å². The van der Waals surface area contributed by atoms with Crippen LogP contribution in [0, 0.1) is 0 Å². The van der Waals surface area contributed by atoms with E-state index in [1.54, 1.807) is 13.1 Å². The number of likely N-dealkylation sites (N-methyl/N-ethyl adjacent to an activating group) is 1. The maximum Gasteiger partial charge on any atom is 0.416 e. The average molecular weight is 367 g/mol. The Bertz CT molecular complexity index is 560. The fourth-order valence-corrected chi connectivity index (χ4v) is 2.88. The molecule has 4 nitrogen and oxygen atoms in total. The van der Waals surface area contributed by atoms with Gasteiger partial charge in [-0.2, -0.15) is 13.2 Å². The van der Waals surface area contributed by atoms with E-state index in [4.69, 9.17) is 4.74 Å². The molecule has 1 aromatic carbocycles. The van der Waals surface area contributed by atoms with Gasteiger partial charge in [-0.3, -0.25) is 4.79 Å². The van der Waals surface area contributed by atoms with Crippen molar-refractivity contribution in [3.8, 4) is 0 Å². The highest BCUT2D eigenvalue weighted by molar-refractivity contribution is 5.85. The first-order valence-electron chi connectivity index (χ1n) is 7.46. The number of carbonyl (C=O) groups excluding carboxylic acids is 1. The number of carbonyl (C=O) groups is 1. The van der Waals surface area contributed by atoms with Gasteiger partial charge in [0.15, 0.2) is 0 Å². The molecule has 1 aliphatic rings. The van der Waals surface area contributed by atoms with E-state index in [9.17, 15) is 18.0 Å². The van der Waals surface area contributed by atoms with Gasteiger partial charge in [-0.15, -0.1) is 12.4 Å². The van der Waals surface area contributed by atoms with E-state index in [0.717, 1.165) is 12.1 Å². The van der Waals surface area contributed by atoms with Crippen LogP contribution in [0.3, 0.4) is 0 Å². The van der Waals surface area contributed by atoms with Gasteiger partial charge in [0, 0.05) is 20.7 Å². The van der Waals surface area contributed by atoms with E-state index in [0.29, 0.717) is 31.5 Å². The predicted molar refractivity (Wildman–Crippen MR) is 87.0 cm³/mol. The first-order valence-corrected chi connectivity index (χ1v) is 7.46. The van der Waals surface area contributed by atoms with E-state index in [2.05, 4.69) is 5.32 Å². The molecule has 1 aliphatic heterocycles. The molecule has 0 aliphatic carbocycles. The van der Waals surface area contributed by atoms with Crippen LogP contribution in [-0.2, 0) is 22.3 Å². The van der Waals surface area contributed by atoms with Crippen molar-refractivity contribution in [2.75, 3.05) is 27.2 Å². The Hall–Kier alpha value is -1.31. The van der Waals surface area contributed by atoms with Gasteiger partial charge >= 0.3 is 6.18 Å². The minimum atomic E-state index is -4.39. The first-order chi connectivity index (χ1) is 10.8. The van der Waals surface area contributed by atoms with Crippen LogP contribution < -0.4 is 5.32 Å². The maximum atomic E-state index is 12.8. The number of hydrogen-bond donors (Lipinski definition) is 1. The fraction of sp³-hybridized carbons (Fsp3) is 0.562. The van der Waals surface area contributed by atoms with E-state index in [-0.39, 0.29) is 24.9 Å². The molecule has 1 fully saturated rings. The van der Waals surface area contributed by atoms with Crippen LogP contribution in [0.1, 0.15) is 24.0 Å². The number of hydrogen-bond acceptors (Lipinski definition) is 3. The number of nitrogens with one attached hydrogen (secondary N) is 1. The molecule has 0 atom stereocenters. The summed E-state index contributed by atoms with van der Waals surface area (Å²) in [6, 6.07) is 5.04. The molecule has 1 N–H and O–H groups in total. The zero-order valence-corrected chi connectivity index (χ0v) is 14.5. The van der Waals surface area contributed by atoms with Crippen molar-refractivity contribution in [1.82, 2.24) is 10.2 Å². The van der Waals surface area contributed by atoms with Crippen molar-refractivity contribution in [3.05, 3.63) is 35.4 Å². The number of methoxy groups -OCH3 is 1. The molecule has 0 radical (unpaired) electrons. The van der Waals surface area contributed by atoms with Crippen LogP contribution in [0.25, 0.3) is 0 Å². The second kappa shape index (κ2) is 8.18. The Kier molecular flexibility index (Phi) is 7.07. The lowest BCUT2D eigenvalue weighted by molar-refractivity contribution is -0.157. The summed E-state index contributed by atoms with van der Waals surface area (Å²) < 4.78 is 43.8. The van der Waals surface area contributed by atoms with E-state index >= 15 is 0 Å². The number of amides is 1. The minimum absolute atomic E-state index is 0. The lowest BCUT2D eigenvalue weighted by Crippen LogP contribution is -2.54. The summed E-state index contributed by atoms with van der Waals surface area (Å²) in [5, 5.41) is 3.17. The van der Waals surface area contributed by atoms with Crippen molar-refractivity contribution in [2.45, 2.75) is 31.2 Å². The van der Waals surface area contributed by atoms with Crippen LogP contribution >= 0.6 is 12.4 Å². The summed E-state index contributed by atoms with van der Waals surface area (Å²) in [7, 11) is 3.09. The predicted octanol–water partition coefficient (Wildman–Crippen LogP) is 2.85. The quantitative estimate of drug-likeness (QED) is 0.891. The van der Waals surface area contributed by atoms with Crippen LogP contribution in [0.15, 0.2) is 24.3 Å². The third-order valence-corrected chi connectivity index (χ3v) is 4.21. The number of piperidine rings is 1. The average Bonchev–Trinajstić information content (AvgIpc) is 2.54. The number of rotatable bonds is 4. The zero-order valence-electron chi connectivity index (χ0n) is 13.7. The van der Waals surface area contributed by atoms with Gasteiger partial charge in [0.1, 0.15) is 5.60 Å². The topological polar surface area (TPSA) is 41.6 Å². The van der Waals surface area contributed by atoms with E-state index < -0.39 is 17.3 Å². The summed E-state index contributed by atoms with van der Waals surface area (Å²) in [6.45, 7) is 1.47. The van der Waals surface area contributed by atoms with Crippen molar-refractivity contribution in [1.29, 1.82) is 0 Å². The molecule has 1 amide bonds. The van der Waals surface area contributed by atoms with Crippen LogP contribution in [0.2, 0.25) is 0 Å². The van der Waals surface area contributed by atoms with Crippen LogP contribution in [-0.4, -0.2) is 43.7 Å². The Morgan fingerprint density at radius 2 is 1.96 bits per heavy atom. The zero-order chi connectivity index (χ0) is 17.1. The maximum absolute atomic E-state index is 12.8. The molecular formula is C16H22ClF3N2O2. The Labute approximate surface area is 145 Å². The van der Waals surface area contributed by atoms with Crippen molar-refractivity contribution in [2.24, 2.45) is 0 Å². The first kappa shape index (κ1) is 20.7. The minimum Gasteiger partial charge on any atom is -0.368 e. The molecule has 136 valence electrons. The Morgan fingerprint density at radius 1 is 1.33 bits per heavy atom. The number of alkyl halides is 3. The van der Waals surface area contributed by atoms with Crippen LogP contribution in [0.5, 0.6) is 0 Å². The molecule has 0 spiro atoms. The number of benzene rings is 1. The van der Waals surface area contributed by atoms with Gasteiger partial charge in [-0.1, -0.05) is 12.1 Å². The standard InChI is InChI=1S/C16H21F3N2O2.ClH/c1-21(14(22)15(23-2)6-8-20-9-7-15)11-12-4-3-5-13(10-12)16(17,18)19;/h3-5,10,20H,6-9,11H2,1-2H3;1H. The molecular weight excluding hydrogens is 345 g/mol. The molecule has 0 unspecified atom stereocenters. The van der Waals surface area contributed by atoms with Crippen molar-refractivity contribution >= 4 is 18.3 Å². The SMILES string of the molecule is COC1(C(=O)N(C)Cc2cccc(C(F)(F)F)c2)CCNCC1.Cl. The summed E-state index contributed by atoms with van der Waals surface area (Å²) in [5.74, 6) is -0.195. The summed E-state index contributed by atoms with van der Waals surface area (Å²) in [4.78, 5) is 14.1. The monoisotopic (exact) mass is 366 g/mol. The molecule has 0 aromatic heterocycles. The number of ether oxygens (including phenoxy) is 1. The third-order valence-electron chi connectivity index (χ3n) is 4.21. The van der Waals surface area contributed by atoms with Gasteiger partial charge in [0.2, 0.25) is 0 Å². The van der Waals surface area contributed by atoms with E-state index in [1.807, 2.05) is 0 Å². The normalized spacial score (nSPS) is 17.0. The van der Waals surface area contributed by atoms with Crippen LogP contribution in [0.4, 0.5) is 13.2 Å². The second-order valence-electron chi connectivity index (χ2n) is 5.81. The fourth-order valence-electron chi connectivity index (χ4n) is 2.88. The van der Waals surface area contributed by atoms with Crippen molar-refractivity contribution in [3.63, 3.8) is 0 Å².